The predicted molar refractivity (Wildman–Crippen MR) is 149 cm³/mol. The summed E-state index contributed by atoms with van der Waals surface area (Å²) in [6, 6.07) is 7.41. The highest BCUT2D eigenvalue weighted by atomic mass is 19.1. The van der Waals surface area contributed by atoms with Gasteiger partial charge in [0.1, 0.15) is 24.2 Å². The molecule has 220 valence electrons. The molecule has 3 heterocycles. The molecule has 6 rings (SSSR count). The van der Waals surface area contributed by atoms with Gasteiger partial charge in [0.25, 0.3) is 0 Å². The Morgan fingerprint density at radius 2 is 1.62 bits per heavy atom. The van der Waals surface area contributed by atoms with Crippen LogP contribution in [0.25, 0.3) is 11.1 Å². The van der Waals surface area contributed by atoms with Crippen molar-refractivity contribution in [3.8, 4) is 11.1 Å². The lowest BCUT2D eigenvalue weighted by atomic mass is 9.90. The number of nitrogens with zero attached hydrogens (tertiary/aromatic N) is 4. The van der Waals surface area contributed by atoms with E-state index in [1.165, 1.54) is 19.2 Å². The molecule has 42 heavy (non-hydrogen) atoms. The molecule has 0 bridgehead atoms. The van der Waals surface area contributed by atoms with Crippen LogP contribution in [0.15, 0.2) is 45.8 Å². The van der Waals surface area contributed by atoms with Crippen molar-refractivity contribution in [2.24, 2.45) is 5.92 Å². The maximum atomic E-state index is 15.3. The highest BCUT2D eigenvalue weighted by Crippen LogP contribution is 2.41. The van der Waals surface area contributed by atoms with Gasteiger partial charge in [-0.25, -0.2) is 13.6 Å². The lowest BCUT2D eigenvalue weighted by Crippen LogP contribution is -2.47. The SMILES string of the molecule is CC(=O)NCn1cc(-c2ccc(N3CCN(c4cc5c(cc4F)C(=O)C(C(=O)O)CN5C4CC4)CC3)c(F)c2)c(=O)o1. The van der Waals surface area contributed by atoms with Crippen LogP contribution in [0.2, 0.25) is 0 Å². The highest BCUT2D eigenvalue weighted by Gasteiger charge is 2.42. The van der Waals surface area contributed by atoms with Crippen LogP contribution in [0.4, 0.5) is 25.8 Å². The molecule has 2 aromatic carbocycles. The Bertz CT molecular complexity index is 1640. The number of aliphatic carboxylic acids is 1. The third kappa shape index (κ3) is 5.10. The predicted octanol–water partition coefficient (Wildman–Crippen LogP) is 2.67. The largest absolute Gasteiger partial charge is 0.481 e. The summed E-state index contributed by atoms with van der Waals surface area (Å²) in [5, 5.41) is 12.0. The number of rotatable bonds is 7. The van der Waals surface area contributed by atoms with Crippen molar-refractivity contribution in [1.82, 2.24) is 10.1 Å². The zero-order valence-corrected chi connectivity index (χ0v) is 22.8. The third-order valence-corrected chi connectivity index (χ3v) is 8.02. The fraction of sp³-hybridized carbons (Fsp3) is 0.379. The van der Waals surface area contributed by atoms with Gasteiger partial charge in [-0.3, -0.25) is 14.4 Å². The molecule has 1 saturated carbocycles. The number of hydrogen-bond acceptors (Lipinski definition) is 8. The number of ketones is 1. The minimum Gasteiger partial charge on any atom is -0.481 e. The van der Waals surface area contributed by atoms with Crippen molar-refractivity contribution < 1.29 is 32.8 Å². The number of halogens is 2. The number of carboxylic acids is 1. The Morgan fingerprint density at radius 1 is 0.952 bits per heavy atom. The number of carbonyl (C=O) groups excluding carboxylic acids is 2. The van der Waals surface area contributed by atoms with E-state index in [1.807, 2.05) is 14.7 Å². The Balaban J connectivity index is 1.18. The lowest BCUT2D eigenvalue weighted by Gasteiger charge is -2.39. The van der Waals surface area contributed by atoms with Crippen molar-refractivity contribution in [2.45, 2.75) is 32.5 Å². The quantitative estimate of drug-likeness (QED) is 0.405. The number of amides is 1. The van der Waals surface area contributed by atoms with E-state index in [9.17, 15) is 24.3 Å². The number of hydrogen-bond donors (Lipinski definition) is 2. The normalized spacial score (nSPS) is 18.7. The standard InChI is InChI=1S/C29H29F2N5O6/c1-16(37)32-15-35-13-20(29(41)42-35)17-2-5-24(22(30)10-17)33-6-8-34(9-7-33)26-12-25-19(11-23(26)31)27(38)21(28(39)40)14-36(25)18-3-4-18/h2,5,10-13,18,21H,3-4,6-9,14-15H2,1H3,(H,32,37)(H,39,40). The molecule has 11 nitrogen and oxygen atoms in total. The van der Waals surface area contributed by atoms with Gasteiger partial charge in [0.2, 0.25) is 5.91 Å². The summed E-state index contributed by atoms with van der Waals surface area (Å²) in [7, 11) is 0. The number of aromatic nitrogens is 1. The first-order valence-corrected chi connectivity index (χ1v) is 13.7. The summed E-state index contributed by atoms with van der Waals surface area (Å²) < 4.78 is 36.8. The summed E-state index contributed by atoms with van der Waals surface area (Å²) in [5.74, 6) is -4.42. The molecule has 1 saturated heterocycles. The molecule has 2 aliphatic heterocycles. The molecule has 1 aromatic heterocycles. The highest BCUT2D eigenvalue weighted by molar-refractivity contribution is 6.13. The fourth-order valence-electron chi connectivity index (χ4n) is 5.67. The number of nitrogens with one attached hydrogen (secondary N) is 1. The second-order valence-corrected chi connectivity index (χ2v) is 10.8. The topological polar surface area (TPSA) is 128 Å². The fourth-order valence-corrected chi connectivity index (χ4v) is 5.67. The molecule has 3 aliphatic rings. The van der Waals surface area contributed by atoms with Gasteiger partial charge in [-0.1, -0.05) is 6.07 Å². The zero-order valence-electron chi connectivity index (χ0n) is 22.8. The van der Waals surface area contributed by atoms with Crippen molar-refractivity contribution in [2.75, 3.05) is 47.4 Å². The first-order valence-electron chi connectivity index (χ1n) is 13.7. The molecule has 1 amide bonds. The van der Waals surface area contributed by atoms with Crippen LogP contribution in [-0.2, 0) is 16.3 Å². The maximum absolute atomic E-state index is 15.3. The minimum atomic E-state index is -1.22. The van der Waals surface area contributed by atoms with E-state index in [0.717, 1.165) is 23.6 Å². The number of carbonyl (C=O) groups is 3. The Morgan fingerprint density at radius 3 is 2.24 bits per heavy atom. The van der Waals surface area contributed by atoms with E-state index < -0.39 is 34.9 Å². The summed E-state index contributed by atoms with van der Waals surface area (Å²) >= 11 is 0. The van der Waals surface area contributed by atoms with Crippen LogP contribution in [0.3, 0.4) is 0 Å². The third-order valence-electron chi connectivity index (χ3n) is 8.02. The van der Waals surface area contributed by atoms with Crippen LogP contribution in [0, 0.1) is 17.6 Å². The van der Waals surface area contributed by atoms with E-state index in [0.29, 0.717) is 48.8 Å². The number of fused-ring (bicyclic) bond motifs is 1. The van der Waals surface area contributed by atoms with E-state index in [-0.39, 0.29) is 36.3 Å². The van der Waals surface area contributed by atoms with Gasteiger partial charge in [-0.2, -0.15) is 4.74 Å². The molecule has 2 N–H and O–H groups in total. The van der Waals surface area contributed by atoms with Crippen LogP contribution in [0.1, 0.15) is 30.1 Å². The molecule has 0 spiro atoms. The molecule has 1 aliphatic carbocycles. The van der Waals surface area contributed by atoms with Gasteiger partial charge in [0.05, 0.1) is 28.8 Å². The molecular weight excluding hydrogens is 552 g/mol. The lowest BCUT2D eigenvalue weighted by molar-refractivity contribution is -0.139. The van der Waals surface area contributed by atoms with Crippen LogP contribution < -0.4 is 25.6 Å². The van der Waals surface area contributed by atoms with Gasteiger partial charge in [-0.05, 0) is 42.7 Å². The molecule has 2 fully saturated rings. The van der Waals surface area contributed by atoms with Crippen molar-refractivity contribution >= 4 is 34.7 Å². The van der Waals surface area contributed by atoms with E-state index in [4.69, 9.17) is 4.52 Å². The van der Waals surface area contributed by atoms with E-state index in [1.54, 1.807) is 18.2 Å². The zero-order chi connectivity index (χ0) is 29.7. The monoisotopic (exact) mass is 581 g/mol. The molecule has 13 heteroatoms. The summed E-state index contributed by atoms with van der Waals surface area (Å²) in [6.07, 6.45) is 3.19. The van der Waals surface area contributed by atoms with E-state index >= 15 is 8.78 Å². The average Bonchev–Trinajstić information content (AvgIpc) is 3.73. The van der Waals surface area contributed by atoms with Gasteiger partial charge in [0.15, 0.2) is 5.78 Å². The number of benzene rings is 2. The number of carboxylic acid groups (broad SMARTS) is 1. The van der Waals surface area contributed by atoms with Crippen LogP contribution >= 0.6 is 0 Å². The van der Waals surface area contributed by atoms with Gasteiger partial charge < -0.3 is 29.6 Å². The Labute approximate surface area is 238 Å². The molecule has 3 aromatic rings. The van der Waals surface area contributed by atoms with Gasteiger partial charge >= 0.3 is 11.6 Å². The van der Waals surface area contributed by atoms with Crippen molar-refractivity contribution in [3.63, 3.8) is 0 Å². The summed E-state index contributed by atoms with van der Waals surface area (Å²) in [6.45, 7) is 2.95. The van der Waals surface area contributed by atoms with E-state index in [2.05, 4.69) is 5.32 Å². The van der Waals surface area contributed by atoms with Gasteiger partial charge in [0, 0.05) is 51.3 Å². The van der Waals surface area contributed by atoms with Crippen LogP contribution in [-0.4, -0.2) is 66.3 Å². The van der Waals surface area contributed by atoms with Crippen molar-refractivity contribution in [1.29, 1.82) is 0 Å². The molecule has 0 radical (unpaired) electrons. The first-order chi connectivity index (χ1) is 20.1. The smallest absolute Gasteiger partial charge is 0.365 e. The summed E-state index contributed by atoms with van der Waals surface area (Å²) in [5.41, 5.74) is 1.17. The number of Topliss-reactive ketones (excluding diaryl/α,β-unsaturated/α-hetero) is 1. The molecule has 1 atom stereocenters. The van der Waals surface area contributed by atoms with Crippen LogP contribution in [0.5, 0.6) is 0 Å². The molecule has 1 unspecified atom stereocenters. The Kier molecular flexibility index (Phi) is 6.95. The average molecular weight is 582 g/mol. The number of piperazine rings is 1. The maximum Gasteiger partial charge on any atom is 0.365 e. The molecular formula is C29H29F2N5O6. The first kappa shape index (κ1) is 27.5. The van der Waals surface area contributed by atoms with Crippen molar-refractivity contribution in [3.05, 3.63) is 64.1 Å². The summed E-state index contributed by atoms with van der Waals surface area (Å²) in [4.78, 5) is 53.5. The second kappa shape index (κ2) is 10.6. The van der Waals surface area contributed by atoms with Gasteiger partial charge in [-0.15, -0.1) is 0 Å². The minimum absolute atomic E-state index is 0.0298. The Hall–Kier alpha value is -4.68. The number of anilines is 3. The second-order valence-electron chi connectivity index (χ2n) is 10.8.